The van der Waals surface area contributed by atoms with Gasteiger partial charge in [0.1, 0.15) is 6.04 Å². The third-order valence-electron chi connectivity index (χ3n) is 3.33. The Morgan fingerprint density at radius 3 is 2.17 bits per heavy atom. The van der Waals surface area contributed by atoms with Crippen molar-refractivity contribution in [2.75, 3.05) is 7.05 Å². The summed E-state index contributed by atoms with van der Waals surface area (Å²) in [5, 5.41) is 11.6. The monoisotopic (exact) mass is 258 g/mol. The second-order valence-electron chi connectivity index (χ2n) is 5.78. The molecule has 0 heterocycles. The lowest BCUT2D eigenvalue weighted by Gasteiger charge is -2.35. The van der Waals surface area contributed by atoms with Crippen molar-refractivity contribution in [3.63, 3.8) is 0 Å². The van der Waals surface area contributed by atoms with E-state index < -0.39 is 12.0 Å². The van der Waals surface area contributed by atoms with E-state index in [9.17, 15) is 9.59 Å². The number of amides is 2. The van der Waals surface area contributed by atoms with Crippen LogP contribution in [0.25, 0.3) is 0 Å². The molecule has 2 amide bonds. The van der Waals surface area contributed by atoms with Gasteiger partial charge in [0.15, 0.2) is 0 Å². The van der Waals surface area contributed by atoms with Crippen molar-refractivity contribution in [3.8, 4) is 0 Å². The SMILES string of the molecule is CCC[C@H](NC(=O)N(C)C(C)C(C)(C)C)C(=O)O. The minimum atomic E-state index is -0.984. The Morgan fingerprint density at radius 2 is 1.83 bits per heavy atom. The lowest BCUT2D eigenvalue weighted by Crippen LogP contribution is -2.51. The standard InChI is InChI=1S/C13H26N2O3/c1-7-8-10(11(16)17)14-12(18)15(6)9(2)13(3,4)5/h9-10H,7-8H2,1-6H3,(H,14,18)(H,16,17)/t9?,10-/m0/s1. The minimum absolute atomic E-state index is 0.0218. The van der Waals surface area contributed by atoms with E-state index >= 15 is 0 Å². The topological polar surface area (TPSA) is 69.6 Å². The number of urea groups is 1. The fourth-order valence-corrected chi connectivity index (χ4v) is 1.55. The number of nitrogens with zero attached hydrogens (tertiary/aromatic N) is 1. The van der Waals surface area contributed by atoms with Crippen LogP contribution in [-0.2, 0) is 4.79 Å². The maximum atomic E-state index is 12.0. The largest absolute Gasteiger partial charge is 0.480 e. The van der Waals surface area contributed by atoms with Gasteiger partial charge in [-0.2, -0.15) is 0 Å². The van der Waals surface area contributed by atoms with Crippen LogP contribution >= 0.6 is 0 Å². The lowest BCUT2D eigenvalue weighted by atomic mass is 9.87. The quantitative estimate of drug-likeness (QED) is 0.795. The van der Waals surface area contributed by atoms with Gasteiger partial charge < -0.3 is 15.3 Å². The smallest absolute Gasteiger partial charge is 0.326 e. The number of hydrogen-bond donors (Lipinski definition) is 2. The van der Waals surface area contributed by atoms with Crippen molar-refractivity contribution in [3.05, 3.63) is 0 Å². The summed E-state index contributed by atoms with van der Waals surface area (Å²) in [6, 6.07) is -1.12. The zero-order chi connectivity index (χ0) is 14.5. The summed E-state index contributed by atoms with van der Waals surface area (Å²) in [7, 11) is 1.69. The summed E-state index contributed by atoms with van der Waals surface area (Å²) < 4.78 is 0. The van der Waals surface area contributed by atoms with Crippen molar-refractivity contribution in [1.82, 2.24) is 10.2 Å². The molecule has 0 aromatic heterocycles. The van der Waals surface area contributed by atoms with E-state index in [1.54, 1.807) is 11.9 Å². The fourth-order valence-electron chi connectivity index (χ4n) is 1.55. The molecule has 0 saturated heterocycles. The second kappa shape index (κ2) is 6.61. The fraction of sp³-hybridized carbons (Fsp3) is 0.846. The van der Waals surface area contributed by atoms with E-state index in [2.05, 4.69) is 5.32 Å². The molecule has 0 rings (SSSR count). The molecule has 2 N–H and O–H groups in total. The molecule has 0 aromatic rings. The molecule has 18 heavy (non-hydrogen) atoms. The molecular formula is C13H26N2O3. The Labute approximate surface area is 110 Å². The van der Waals surface area contributed by atoms with Gasteiger partial charge in [-0.15, -0.1) is 0 Å². The summed E-state index contributed by atoms with van der Waals surface area (Å²) in [6.07, 6.45) is 1.16. The predicted octanol–water partition coefficient (Wildman–Crippen LogP) is 2.32. The van der Waals surface area contributed by atoms with Crippen molar-refractivity contribution in [2.45, 2.75) is 59.5 Å². The molecule has 0 spiro atoms. The molecule has 0 radical (unpaired) electrons. The van der Waals surface area contributed by atoms with Crippen LogP contribution < -0.4 is 5.32 Å². The van der Waals surface area contributed by atoms with Gasteiger partial charge in [-0.25, -0.2) is 9.59 Å². The van der Waals surface area contributed by atoms with E-state index in [4.69, 9.17) is 5.11 Å². The van der Waals surface area contributed by atoms with E-state index in [0.717, 1.165) is 6.42 Å². The first-order valence-corrected chi connectivity index (χ1v) is 6.37. The highest BCUT2D eigenvalue weighted by Crippen LogP contribution is 2.22. The second-order valence-corrected chi connectivity index (χ2v) is 5.78. The summed E-state index contributed by atoms with van der Waals surface area (Å²) in [5.41, 5.74) is -0.0461. The lowest BCUT2D eigenvalue weighted by molar-refractivity contribution is -0.139. The van der Waals surface area contributed by atoms with Gasteiger partial charge >= 0.3 is 12.0 Å². The van der Waals surface area contributed by atoms with Crippen LogP contribution in [-0.4, -0.2) is 41.1 Å². The first kappa shape index (κ1) is 16.7. The van der Waals surface area contributed by atoms with Gasteiger partial charge in [-0.05, 0) is 18.8 Å². The van der Waals surface area contributed by atoms with Crippen molar-refractivity contribution in [1.29, 1.82) is 0 Å². The molecule has 0 aliphatic heterocycles. The van der Waals surface area contributed by atoms with E-state index in [-0.39, 0.29) is 17.5 Å². The van der Waals surface area contributed by atoms with Crippen LogP contribution in [0.4, 0.5) is 4.79 Å². The minimum Gasteiger partial charge on any atom is -0.480 e. The molecule has 0 saturated carbocycles. The van der Waals surface area contributed by atoms with E-state index in [1.807, 2.05) is 34.6 Å². The molecule has 0 bridgehead atoms. The average molecular weight is 258 g/mol. The highest BCUT2D eigenvalue weighted by atomic mass is 16.4. The van der Waals surface area contributed by atoms with Gasteiger partial charge in [0.25, 0.3) is 0 Å². The van der Waals surface area contributed by atoms with Gasteiger partial charge in [0.2, 0.25) is 0 Å². The molecule has 2 atom stereocenters. The summed E-state index contributed by atoms with van der Waals surface area (Å²) in [6.45, 7) is 9.98. The Hall–Kier alpha value is -1.26. The number of carboxylic acid groups (broad SMARTS) is 1. The van der Waals surface area contributed by atoms with E-state index in [1.165, 1.54) is 0 Å². The third-order valence-corrected chi connectivity index (χ3v) is 3.33. The number of carbonyl (C=O) groups is 2. The number of aliphatic carboxylic acids is 1. The summed E-state index contributed by atoms with van der Waals surface area (Å²) in [5.74, 6) is -0.984. The first-order chi connectivity index (χ1) is 8.11. The number of carboxylic acids is 1. The predicted molar refractivity (Wildman–Crippen MR) is 71.5 cm³/mol. The molecule has 0 fully saturated rings. The average Bonchev–Trinajstić information content (AvgIpc) is 2.24. The Balaban J connectivity index is 4.60. The van der Waals surface area contributed by atoms with Gasteiger partial charge in [-0.3, -0.25) is 0 Å². The number of nitrogens with one attached hydrogen (secondary N) is 1. The third kappa shape index (κ3) is 4.94. The van der Waals surface area contributed by atoms with Crippen molar-refractivity contribution in [2.24, 2.45) is 5.41 Å². The molecule has 0 aromatic carbocycles. The van der Waals surface area contributed by atoms with Gasteiger partial charge in [-0.1, -0.05) is 34.1 Å². The molecule has 0 aliphatic carbocycles. The van der Waals surface area contributed by atoms with Crippen LogP contribution in [0.2, 0.25) is 0 Å². The van der Waals surface area contributed by atoms with Gasteiger partial charge in [0.05, 0.1) is 0 Å². The molecule has 106 valence electrons. The highest BCUT2D eigenvalue weighted by molar-refractivity contribution is 5.82. The zero-order valence-corrected chi connectivity index (χ0v) is 12.3. The summed E-state index contributed by atoms with van der Waals surface area (Å²) >= 11 is 0. The van der Waals surface area contributed by atoms with Crippen LogP contribution in [0.3, 0.4) is 0 Å². The molecule has 5 heteroatoms. The highest BCUT2D eigenvalue weighted by Gasteiger charge is 2.29. The summed E-state index contributed by atoms with van der Waals surface area (Å²) in [4.78, 5) is 24.5. The Kier molecular flexibility index (Phi) is 6.15. The number of hydrogen-bond acceptors (Lipinski definition) is 2. The molecule has 5 nitrogen and oxygen atoms in total. The van der Waals surface area contributed by atoms with Crippen LogP contribution in [0.15, 0.2) is 0 Å². The zero-order valence-electron chi connectivity index (χ0n) is 12.3. The molecule has 0 aliphatic rings. The van der Waals surface area contributed by atoms with Crippen molar-refractivity contribution >= 4 is 12.0 Å². The maximum Gasteiger partial charge on any atom is 0.326 e. The molecular weight excluding hydrogens is 232 g/mol. The molecule has 1 unspecified atom stereocenters. The van der Waals surface area contributed by atoms with Crippen LogP contribution in [0, 0.1) is 5.41 Å². The number of rotatable bonds is 5. The first-order valence-electron chi connectivity index (χ1n) is 6.37. The number of carbonyl (C=O) groups excluding carboxylic acids is 1. The van der Waals surface area contributed by atoms with Crippen molar-refractivity contribution < 1.29 is 14.7 Å². The maximum absolute atomic E-state index is 12.0. The van der Waals surface area contributed by atoms with Crippen LogP contribution in [0.1, 0.15) is 47.5 Å². The normalized spacial score (nSPS) is 14.8. The Morgan fingerprint density at radius 1 is 1.33 bits per heavy atom. The van der Waals surface area contributed by atoms with Gasteiger partial charge in [0, 0.05) is 13.1 Å². The Bertz CT molecular complexity index is 297. The van der Waals surface area contributed by atoms with Crippen LogP contribution in [0.5, 0.6) is 0 Å². The van der Waals surface area contributed by atoms with E-state index in [0.29, 0.717) is 6.42 Å².